The summed E-state index contributed by atoms with van der Waals surface area (Å²) in [6, 6.07) is 6.55. The van der Waals surface area contributed by atoms with Crippen LogP contribution in [-0.4, -0.2) is 52.3 Å². The van der Waals surface area contributed by atoms with Gasteiger partial charge < -0.3 is 33.9 Å². The molecule has 2 atom stereocenters. The van der Waals surface area contributed by atoms with E-state index in [4.69, 9.17) is 23.7 Å². The van der Waals surface area contributed by atoms with Gasteiger partial charge in [-0.25, -0.2) is 4.79 Å². The zero-order valence-electron chi connectivity index (χ0n) is 19.8. The summed E-state index contributed by atoms with van der Waals surface area (Å²) in [6.07, 6.45) is 2.10. The second kappa shape index (κ2) is 10.6. The molecule has 1 N–H and O–H groups in total. The van der Waals surface area contributed by atoms with Gasteiger partial charge in [0.25, 0.3) is 5.91 Å². The molecule has 0 bridgehead atoms. The number of hydrogen-bond donors (Lipinski definition) is 1. The van der Waals surface area contributed by atoms with E-state index >= 15 is 0 Å². The lowest BCUT2D eigenvalue weighted by Crippen LogP contribution is -2.65. The van der Waals surface area contributed by atoms with Crippen molar-refractivity contribution in [1.29, 1.82) is 0 Å². The summed E-state index contributed by atoms with van der Waals surface area (Å²) in [5.74, 6) is -0.0613. The standard InChI is InChI=1S/C25H26N2O8/c1-7-20(28)26-22-23(14-9-10-16(31-3)17(11-14)35-21(29)8-2)27(25(22)30)15-12-18(32-4)24(34-6)19(13-15)33-5/h7-13,22-23H,1-2H2,3-6H3,(H,26,28)/t22-,23-/m0/s1. The Morgan fingerprint density at radius 1 is 0.886 bits per heavy atom. The van der Waals surface area contributed by atoms with Crippen molar-refractivity contribution in [2.75, 3.05) is 33.3 Å². The van der Waals surface area contributed by atoms with Crippen LogP contribution in [0.25, 0.3) is 0 Å². The molecule has 0 spiro atoms. The molecule has 10 heteroatoms. The van der Waals surface area contributed by atoms with E-state index in [0.29, 0.717) is 34.2 Å². The van der Waals surface area contributed by atoms with E-state index in [-0.39, 0.29) is 11.7 Å². The minimum absolute atomic E-state index is 0.132. The van der Waals surface area contributed by atoms with Crippen molar-refractivity contribution in [3.05, 3.63) is 61.2 Å². The van der Waals surface area contributed by atoms with Gasteiger partial charge in [-0.05, 0) is 23.8 Å². The molecule has 1 aliphatic heterocycles. The maximum atomic E-state index is 13.2. The number of nitrogens with one attached hydrogen (secondary N) is 1. The summed E-state index contributed by atoms with van der Waals surface area (Å²) >= 11 is 0. The molecule has 1 aliphatic rings. The monoisotopic (exact) mass is 482 g/mol. The lowest BCUT2D eigenvalue weighted by atomic mass is 9.87. The number of esters is 1. The number of amides is 2. The molecule has 2 aromatic carbocycles. The van der Waals surface area contributed by atoms with Gasteiger partial charge in [0, 0.05) is 18.2 Å². The fraction of sp³-hybridized carbons (Fsp3) is 0.240. The molecule has 1 fully saturated rings. The van der Waals surface area contributed by atoms with Crippen LogP contribution in [0.4, 0.5) is 5.69 Å². The highest BCUT2D eigenvalue weighted by atomic mass is 16.6. The van der Waals surface area contributed by atoms with Gasteiger partial charge in [-0.2, -0.15) is 0 Å². The number of hydrogen-bond acceptors (Lipinski definition) is 8. The highest BCUT2D eigenvalue weighted by Gasteiger charge is 2.50. The third kappa shape index (κ3) is 4.77. The molecule has 1 saturated heterocycles. The average Bonchev–Trinajstić information content (AvgIpc) is 2.88. The second-order valence-corrected chi connectivity index (χ2v) is 7.26. The molecule has 0 aliphatic carbocycles. The molecule has 0 saturated carbocycles. The van der Waals surface area contributed by atoms with E-state index in [0.717, 1.165) is 12.2 Å². The number of methoxy groups -OCH3 is 4. The highest BCUT2D eigenvalue weighted by Crippen LogP contribution is 2.47. The van der Waals surface area contributed by atoms with Crippen LogP contribution < -0.4 is 33.9 Å². The SMILES string of the molecule is C=CC(=O)N[C@@H]1C(=O)N(c2cc(OC)c(OC)c(OC)c2)[C@H]1c1ccc(OC)c(OC(=O)C=C)c1. The molecule has 1 heterocycles. The molecule has 10 nitrogen and oxygen atoms in total. The summed E-state index contributed by atoms with van der Waals surface area (Å²) in [5, 5.41) is 2.65. The van der Waals surface area contributed by atoms with Gasteiger partial charge in [0.15, 0.2) is 23.0 Å². The van der Waals surface area contributed by atoms with Gasteiger partial charge in [0.1, 0.15) is 6.04 Å². The first-order chi connectivity index (χ1) is 16.8. The zero-order chi connectivity index (χ0) is 25.7. The minimum atomic E-state index is -0.907. The van der Waals surface area contributed by atoms with Crippen LogP contribution in [0, 0.1) is 0 Å². The molecule has 2 amide bonds. The van der Waals surface area contributed by atoms with Crippen LogP contribution >= 0.6 is 0 Å². The topological polar surface area (TPSA) is 113 Å². The molecule has 0 unspecified atom stereocenters. The van der Waals surface area contributed by atoms with Crippen molar-refractivity contribution in [2.24, 2.45) is 0 Å². The Balaban J connectivity index is 2.13. The minimum Gasteiger partial charge on any atom is -0.493 e. The second-order valence-electron chi connectivity index (χ2n) is 7.26. The third-order valence-corrected chi connectivity index (χ3v) is 5.41. The number of β-lactam (4-membered cyclic amide) rings is 1. The Hall–Kier alpha value is -4.47. The van der Waals surface area contributed by atoms with Crippen LogP contribution in [0.15, 0.2) is 55.6 Å². The predicted molar refractivity (Wildman–Crippen MR) is 127 cm³/mol. The maximum Gasteiger partial charge on any atom is 0.335 e. The van der Waals surface area contributed by atoms with Crippen molar-refractivity contribution in [2.45, 2.75) is 12.1 Å². The molecule has 2 aromatic rings. The van der Waals surface area contributed by atoms with Gasteiger partial charge in [0.05, 0.1) is 40.2 Å². The van der Waals surface area contributed by atoms with Crippen LogP contribution in [0.2, 0.25) is 0 Å². The molecule has 35 heavy (non-hydrogen) atoms. The fourth-order valence-electron chi connectivity index (χ4n) is 3.78. The number of nitrogens with zero attached hydrogens (tertiary/aromatic N) is 1. The smallest absolute Gasteiger partial charge is 0.335 e. The number of ether oxygens (including phenoxy) is 5. The van der Waals surface area contributed by atoms with Crippen LogP contribution in [0.5, 0.6) is 28.7 Å². The first-order valence-corrected chi connectivity index (χ1v) is 10.4. The maximum absolute atomic E-state index is 13.2. The quantitative estimate of drug-likeness (QED) is 0.238. The van der Waals surface area contributed by atoms with E-state index in [1.54, 1.807) is 30.3 Å². The summed E-state index contributed by atoms with van der Waals surface area (Å²) in [6.45, 7) is 6.85. The van der Waals surface area contributed by atoms with E-state index in [1.165, 1.54) is 33.3 Å². The van der Waals surface area contributed by atoms with E-state index < -0.39 is 24.0 Å². The van der Waals surface area contributed by atoms with E-state index in [9.17, 15) is 14.4 Å². The van der Waals surface area contributed by atoms with Crippen molar-refractivity contribution < 1.29 is 38.1 Å². The molecule has 0 aromatic heterocycles. The number of carbonyl (C=O) groups is 3. The Bertz CT molecular complexity index is 1150. The lowest BCUT2D eigenvalue weighted by molar-refractivity contribution is -0.131. The molecule has 0 radical (unpaired) electrons. The third-order valence-electron chi connectivity index (χ3n) is 5.41. The van der Waals surface area contributed by atoms with Crippen LogP contribution in [0.3, 0.4) is 0 Å². The van der Waals surface area contributed by atoms with Crippen molar-refractivity contribution >= 4 is 23.5 Å². The first-order valence-electron chi connectivity index (χ1n) is 10.4. The highest BCUT2D eigenvalue weighted by molar-refractivity contribution is 6.08. The van der Waals surface area contributed by atoms with E-state index in [1.807, 2.05) is 0 Å². The van der Waals surface area contributed by atoms with Crippen molar-refractivity contribution in [3.63, 3.8) is 0 Å². The van der Waals surface area contributed by atoms with Crippen LogP contribution in [0.1, 0.15) is 11.6 Å². The Kier molecular flexibility index (Phi) is 7.65. The number of anilines is 1. The zero-order valence-corrected chi connectivity index (χ0v) is 19.8. The number of carbonyl (C=O) groups excluding carboxylic acids is 3. The Labute approximate surface area is 202 Å². The molecule has 3 rings (SSSR count). The largest absolute Gasteiger partial charge is 0.493 e. The van der Waals surface area contributed by atoms with Crippen molar-refractivity contribution in [3.8, 4) is 28.7 Å². The average molecular weight is 482 g/mol. The summed E-state index contributed by atoms with van der Waals surface area (Å²) in [7, 11) is 5.84. The van der Waals surface area contributed by atoms with Crippen molar-refractivity contribution in [1.82, 2.24) is 5.32 Å². The summed E-state index contributed by atoms with van der Waals surface area (Å²) in [4.78, 5) is 38.6. The molecule has 184 valence electrons. The normalized spacial score (nSPS) is 16.5. The van der Waals surface area contributed by atoms with Gasteiger partial charge in [-0.15, -0.1) is 0 Å². The van der Waals surface area contributed by atoms with Crippen LogP contribution in [-0.2, 0) is 14.4 Å². The Morgan fingerprint density at radius 2 is 1.51 bits per heavy atom. The Morgan fingerprint density at radius 3 is 2.03 bits per heavy atom. The van der Waals surface area contributed by atoms with E-state index in [2.05, 4.69) is 18.5 Å². The number of rotatable bonds is 10. The van der Waals surface area contributed by atoms with Gasteiger partial charge in [0.2, 0.25) is 11.7 Å². The summed E-state index contributed by atoms with van der Waals surface area (Å²) in [5.41, 5.74) is 1.01. The van der Waals surface area contributed by atoms with Gasteiger partial charge in [-0.1, -0.05) is 19.2 Å². The summed E-state index contributed by atoms with van der Waals surface area (Å²) < 4.78 is 26.8. The van der Waals surface area contributed by atoms with Gasteiger partial charge in [-0.3, -0.25) is 9.59 Å². The first kappa shape index (κ1) is 25.2. The predicted octanol–water partition coefficient (Wildman–Crippen LogP) is 2.57. The molecular formula is C25H26N2O8. The van der Waals surface area contributed by atoms with Gasteiger partial charge >= 0.3 is 5.97 Å². The fourth-order valence-corrected chi connectivity index (χ4v) is 3.78. The number of benzene rings is 2. The molecular weight excluding hydrogens is 456 g/mol. The lowest BCUT2D eigenvalue weighted by Gasteiger charge is -2.47.